The maximum Gasteiger partial charge on any atom is 0.155 e. The van der Waals surface area contributed by atoms with Crippen LogP contribution in [-0.4, -0.2) is 29.5 Å². The molecule has 0 amide bonds. The number of H-pyrrole nitrogens is 1. The van der Waals surface area contributed by atoms with E-state index in [0.717, 1.165) is 46.4 Å². The van der Waals surface area contributed by atoms with Crippen molar-refractivity contribution >= 4 is 5.65 Å². The molecule has 0 bridgehead atoms. The van der Waals surface area contributed by atoms with Crippen molar-refractivity contribution in [3.05, 3.63) is 89.8 Å². The summed E-state index contributed by atoms with van der Waals surface area (Å²) in [4.78, 5) is 17.4. The highest BCUT2D eigenvalue weighted by Crippen LogP contribution is 2.29. The number of hydrogen-bond donors (Lipinski definition) is 2. The minimum absolute atomic E-state index is 0.490. The van der Waals surface area contributed by atoms with Crippen molar-refractivity contribution in [1.82, 2.24) is 34.9 Å². The van der Waals surface area contributed by atoms with Crippen LogP contribution in [0.1, 0.15) is 42.4 Å². The Morgan fingerprint density at radius 3 is 2.70 bits per heavy atom. The lowest BCUT2D eigenvalue weighted by Gasteiger charge is -2.12. The fraction of sp³-hybridized carbons (Fsp3) is 0.231. The summed E-state index contributed by atoms with van der Waals surface area (Å²) >= 11 is 0. The molecule has 0 saturated heterocycles. The van der Waals surface area contributed by atoms with E-state index in [1.165, 1.54) is 11.1 Å². The summed E-state index contributed by atoms with van der Waals surface area (Å²) in [6.07, 6.45) is 3.50. The van der Waals surface area contributed by atoms with E-state index in [4.69, 9.17) is 9.97 Å². The molecule has 0 spiro atoms. The average molecular weight is 438 g/mol. The molecule has 5 aromatic rings. The zero-order valence-electron chi connectivity index (χ0n) is 19.1. The van der Waals surface area contributed by atoms with Crippen LogP contribution in [0.2, 0.25) is 0 Å². The molecular formula is C26H27N7. The fourth-order valence-corrected chi connectivity index (χ4v) is 4.11. The summed E-state index contributed by atoms with van der Waals surface area (Å²) in [5.41, 5.74) is 8.03. The van der Waals surface area contributed by atoms with Crippen LogP contribution in [0.3, 0.4) is 0 Å². The molecule has 0 aliphatic heterocycles. The minimum atomic E-state index is 0.490. The Hall–Kier alpha value is -3.84. The van der Waals surface area contributed by atoms with Crippen molar-refractivity contribution < 1.29 is 0 Å². The van der Waals surface area contributed by atoms with Crippen LogP contribution in [0.5, 0.6) is 0 Å². The summed E-state index contributed by atoms with van der Waals surface area (Å²) in [5, 5.41) is 7.83. The van der Waals surface area contributed by atoms with Gasteiger partial charge in [-0.1, -0.05) is 44.2 Å². The third-order valence-corrected chi connectivity index (χ3v) is 5.73. The van der Waals surface area contributed by atoms with Gasteiger partial charge in [-0.15, -0.1) is 0 Å². The second-order valence-electron chi connectivity index (χ2n) is 8.51. The number of nitrogens with zero attached hydrogens (tertiary/aromatic N) is 5. The first kappa shape index (κ1) is 21.0. The Morgan fingerprint density at radius 2 is 1.85 bits per heavy atom. The van der Waals surface area contributed by atoms with Gasteiger partial charge >= 0.3 is 0 Å². The fourth-order valence-electron chi connectivity index (χ4n) is 4.11. The number of fused-ring (bicyclic) bond motifs is 1. The summed E-state index contributed by atoms with van der Waals surface area (Å²) in [6, 6.07) is 18.6. The van der Waals surface area contributed by atoms with Crippen molar-refractivity contribution in [2.24, 2.45) is 0 Å². The minimum Gasteiger partial charge on any atom is -0.339 e. The van der Waals surface area contributed by atoms with E-state index < -0.39 is 0 Å². The van der Waals surface area contributed by atoms with Crippen molar-refractivity contribution in [1.29, 1.82) is 0 Å². The molecule has 0 aliphatic rings. The van der Waals surface area contributed by atoms with Crippen LogP contribution in [0.15, 0.2) is 67.1 Å². The summed E-state index contributed by atoms with van der Waals surface area (Å²) in [5.74, 6) is 1.35. The van der Waals surface area contributed by atoms with Gasteiger partial charge in [-0.05, 0) is 48.2 Å². The third-order valence-electron chi connectivity index (χ3n) is 5.73. The first-order chi connectivity index (χ1) is 16.1. The van der Waals surface area contributed by atoms with Crippen LogP contribution in [0, 0.1) is 6.92 Å². The van der Waals surface area contributed by atoms with E-state index in [-0.39, 0.29) is 0 Å². The Bertz CT molecular complexity index is 1400. The van der Waals surface area contributed by atoms with E-state index in [2.05, 4.69) is 58.5 Å². The molecule has 0 radical (unpaired) electrons. The highest BCUT2D eigenvalue weighted by Gasteiger charge is 2.16. The van der Waals surface area contributed by atoms with Gasteiger partial charge in [0.2, 0.25) is 0 Å². The number of pyridine rings is 2. The van der Waals surface area contributed by atoms with Gasteiger partial charge in [0, 0.05) is 24.0 Å². The third kappa shape index (κ3) is 4.40. The maximum absolute atomic E-state index is 4.95. The van der Waals surface area contributed by atoms with E-state index in [9.17, 15) is 0 Å². The maximum atomic E-state index is 4.95. The van der Waals surface area contributed by atoms with Gasteiger partial charge in [0.15, 0.2) is 5.65 Å². The van der Waals surface area contributed by atoms with Gasteiger partial charge in [0.1, 0.15) is 12.2 Å². The van der Waals surface area contributed by atoms with E-state index in [1.807, 2.05) is 43.5 Å². The second-order valence-corrected chi connectivity index (χ2v) is 8.51. The number of nitrogens with one attached hydrogen (secondary N) is 2. The molecule has 33 heavy (non-hydrogen) atoms. The van der Waals surface area contributed by atoms with Gasteiger partial charge < -0.3 is 10.3 Å². The lowest BCUT2D eigenvalue weighted by Crippen LogP contribution is -2.15. The molecule has 7 nitrogen and oxygen atoms in total. The zero-order chi connectivity index (χ0) is 22.8. The lowest BCUT2D eigenvalue weighted by atomic mass is 9.97. The molecule has 0 fully saturated rings. The van der Waals surface area contributed by atoms with E-state index in [0.29, 0.717) is 12.5 Å². The number of hydrogen-bond acceptors (Lipinski definition) is 5. The Labute approximate surface area is 193 Å². The van der Waals surface area contributed by atoms with Gasteiger partial charge in [-0.2, -0.15) is 5.10 Å². The number of benzene rings is 1. The summed E-state index contributed by atoms with van der Waals surface area (Å²) in [6.45, 7) is 7.86. The number of aryl methyl sites for hydroxylation is 1. The quantitative estimate of drug-likeness (QED) is 0.378. The van der Waals surface area contributed by atoms with Crippen molar-refractivity contribution in [2.75, 3.05) is 0 Å². The standard InChI is InChI=1S/C26H27N7/c1-17(2)21-9-5-4-8-19(21)13-27-14-23-31-25(20-11-12-24-28-16-29-33(24)15-20)26(32-23)22-10-6-7-18(3)30-22/h4-12,15-17,27H,13-14H2,1-3H3,(H,31,32). The highest BCUT2D eigenvalue weighted by atomic mass is 15.3. The van der Waals surface area contributed by atoms with Crippen molar-refractivity contribution in [3.63, 3.8) is 0 Å². The largest absolute Gasteiger partial charge is 0.339 e. The van der Waals surface area contributed by atoms with E-state index >= 15 is 0 Å². The van der Waals surface area contributed by atoms with Crippen LogP contribution < -0.4 is 5.32 Å². The van der Waals surface area contributed by atoms with Crippen LogP contribution in [-0.2, 0) is 13.1 Å². The van der Waals surface area contributed by atoms with Gasteiger partial charge in [-0.3, -0.25) is 4.98 Å². The zero-order valence-corrected chi connectivity index (χ0v) is 19.1. The van der Waals surface area contributed by atoms with Crippen molar-refractivity contribution in [3.8, 4) is 22.6 Å². The predicted octanol–water partition coefficient (Wildman–Crippen LogP) is 4.90. The molecule has 0 unspecified atom stereocenters. The number of aromatic nitrogens is 6. The predicted molar refractivity (Wildman–Crippen MR) is 130 cm³/mol. The molecule has 0 aliphatic carbocycles. The second kappa shape index (κ2) is 8.96. The highest BCUT2D eigenvalue weighted by molar-refractivity contribution is 5.77. The van der Waals surface area contributed by atoms with Crippen molar-refractivity contribution in [2.45, 2.75) is 39.8 Å². The topological polar surface area (TPSA) is 83.8 Å². The van der Waals surface area contributed by atoms with Gasteiger partial charge in [0.25, 0.3) is 0 Å². The first-order valence-corrected chi connectivity index (χ1v) is 11.2. The smallest absolute Gasteiger partial charge is 0.155 e. The molecule has 0 atom stereocenters. The molecule has 2 N–H and O–H groups in total. The van der Waals surface area contributed by atoms with Crippen LogP contribution >= 0.6 is 0 Å². The Morgan fingerprint density at radius 1 is 0.970 bits per heavy atom. The average Bonchev–Trinajstić information content (AvgIpc) is 3.46. The lowest BCUT2D eigenvalue weighted by molar-refractivity contribution is 0.660. The van der Waals surface area contributed by atoms with Gasteiger partial charge in [0.05, 0.1) is 23.6 Å². The number of aromatic amines is 1. The number of rotatable bonds is 7. The molecule has 0 saturated carbocycles. The molecule has 4 aromatic heterocycles. The summed E-state index contributed by atoms with van der Waals surface area (Å²) in [7, 11) is 0. The molecular weight excluding hydrogens is 410 g/mol. The normalized spacial score (nSPS) is 11.5. The SMILES string of the molecule is Cc1cccc(-c2[nH]c(CNCc3ccccc3C(C)C)nc2-c2ccc3ncnn3c2)n1. The number of imidazole rings is 1. The summed E-state index contributed by atoms with van der Waals surface area (Å²) < 4.78 is 1.76. The van der Waals surface area contributed by atoms with Gasteiger partial charge in [-0.25, -0.2) is 14.5 Å². The van der Waals surface area contributed by atoms with Crippen LogP contribution in [0.4, 0.5) is 0 Å². The molecule has 5 rings (SSSR count). The van der Waals surface area contributed by atoms with Crippen LogP contribution in [0.25, 0.3) is 28.3 Å². The molecule has 7 heteroatoms. The molecule has 1 aromatic carbocycles. The molecule has 4 heterocycles. The Balaban J connectivity index is 1.46. The Kier molecular flexibility index (Phi) is 5.71. The monoisotopic (exact) mass is 437 g/mol. The molecule has 166 valence electrons. The first-order valence-electron chi connectivity index (χ1n) is 11.2. The van der Waals surface area contributed by atoms with E-state index in [1.54, 1.807) is 10.8 Å².